The summed E-state index contributed by atoms with van der Waals surface area (Å²) < 4.78 is 41.6. The normalized spacial score (nSPS) is 26.8. The van der Waals surface area contributed by atoms with Gasteiger partial charge in [0.15, 0.2) is 0 Å². The van der Waals surface area contributed by atoms with Gasteiger partial charge in [-0.15, -0.1) is 0 Å². The van der Waals surface area contributed by atoms with Crippen LogP contribution in [0.4, 0.5) is 4.39 Å². The molecule has 21 heavy (non-hydrogen) atoms. The van der Waals surface area contributed by atoms with Crippen LogP contribution in [-0.4, -0.2) is 20.5 Å². The quantitative estimate of drug-likeness (QED) is 0.889. The number of benzene rings is 1. The van der Waals surface area contributed by atoms with Gasteiger partial charge in [-0.3, -0.25) is 0 Å². The molecule has 0 amide bonds. The first-order chi connectivity index (χ1) is 9.82. The monoisotopic (exact) mass is 334 g/mol. The lowest BCUT2D eigenvalue weighted by atomic mass is 9.74. The molecule has 2 rings (SSSR count). The maximum atomic E-state index is 13.9. The Morgan fingerprint density at radius 2 is 2.19 bits per heavy atom. The van der Waals surface area contributed by atoms with Gasteiger partial charge < -0.3 is 5.73 Å². The lowest BCUT2D eigenvalue weighted by Gasteiger charge is -2.42. The molecule has 1 fully saturated rings. The van der Waals surface area contributed by atoms with Crippen molar-refractivity contribution in [3.8, 4) is 0 Å². The van der Waals surface area contributed by atoms with Crippen LogP contribution in [0.25, 0.3) is 0 Å². The van der Waals surface area contributed by atoms with Gasteiger partial charge in [0.1, 0.15) is 10.7 Å². The van der Waals surface area contributed by atoms with Crippen molar-refractivity contribution in [1.29, 1.82) is 0 Å². The molecule has 1 aliphatic rings. The van der Waals surface area contributed by atoms with Crippen molar-refractivity contribution in [3.63, 3.8) is 0 Å². The largest absolute Gasteiger partial charge is 0.329 e. The van der Waals surface area contributed by atoms with Gasteiger partial charge in [-0.05, 0) is 30.9 Å². The van der Waals surface area contributed by atoms with Crippen LogP contribution in [0, 0.1) is 11.7 Å². The molecule has 2 unspecified atom stereocenters. The summed E-state index contributed by atoms with van der Waals surface area (Å²) in [6.07, 6.45) is 3.49. The van der Waals surface area contributed by atoms with Gasteiger partial charge in [0, 0.05) is 12.1 Å². The minimum Gasteiger partial charge on any atom is -0.329 e. The Balaban J connectivity index is 2.40. The molecule has 0 aromatic heterocycles. The van der Waals surface area contributed by atoms with Crippen molar-refractivity contribution in [2.45, 2.75) is 43.0 Å². The summed E-state index contributed by atoms with van der Waals surface area (Å²) in [4.78, 5) is -0.503. The van der Waals surface area contributed by atoms with Crippen LogP contribution in [0.2, 0.25) is 5.02 Å². The van der Waals surface area contributed by atoms with Gasteiger partial charge in [0.05, 0.1) is 5.02 Å². The summed E-state index contributed by atoms with van der Waals surface area (Å²) in [6, 6.07) is 3.82. The first kappa shape index (κ1) is 16.7. The molecule has 0 heterocycles. The fourth-order valence-electron chi connectivity index (χ4n) is 2.97. The molecule has 1 aromatic carbocycles. The Morgan fingerprint density at radius 1 is 1.48 bits per heavy atom. The molecule has 1 aliphatic carbocycles. The predicted molar refractivity (Wildman–Crippen MR) is 81.1 cm³/mol. The van der Waals surface area contributed by atoms with Gasteiger partial charge in [0.25, 0.3) is 0 Å². The molecule has 0 saturated heterocycles. The van der Waals surface area contributed by atoms with Crippen molar-refractivity contribution < 1.29 is 12.8 Å². The average Bonchev–Trinajstić information content (AvgIpc) is 2.40. The number of sulfonamides is 1. The van der Waals surface area contributed by atoms with E-state index in [9.17, 15) is 12.8 Å². The molecule has 0 bridgehead atoms. The first-order valence-electron chi connectivity index (χ1n) is 7.00. The fourth-order valence-corrected chi connectivity index (χ4v) is 5.11. The van der Waals surface area contributed by atoms with E-state index in [1.807, 2.05) is 6.92 Å². The van der Waals surface area contributed by atoms with Crippen LogP contribution < -0.4 is 10.5 Å². The van der Waals surface area contributed by atoms with E-state index < -0.39 is 26.3 Å². The number of hydrogen-bond acceptors (Lipinski definition) is 3. The zero-order valence-corrected chi connectivity index (χ0v) is 13.5. The lowest BCUT2D eigenvalue weighted by Crippen LogP contribution is -2.59. The zero-order valence-electron chi connectivity index (χ0n) is 11.9. The van der Waals surface area contributed by atoms with E-state index in [1.54, 1.807) is 0 Å². The number of nitrogens with one attached hydrogen (secondary N) is 1. The molecule has 0 aliphatic heterocycles. The highest BCUT2D eigenvalue weighted by atomic mass is 35.5. The molecule has 3 N–H and O–H groups in total. The van der Waals surface area contributed by atoms with Crippen LogP contribution in [0.15, 0.2) is 23.1 Å². The van der Waals surface area contributed by atoms with Crippen molar-refractivity contribution in [2.24, 2.45) is 11.7 Å². The highest BCUT2D eigenvalue weighted by Gasteiger charge is 2.41. The molecule has 7 heteroatoms. The van der Waals surface area contributed by atoms with Crippen LogP contribution in [-0.2, 0) is 10.0 Å². The summed E-state index contributed by atoms with van der Waals surface area (Å²) in [7, 11) is -4.06. The van der Waals surface area contributed by atoms with Gasteiger partial charge in [-0.1, -0.05) is 37.4 Å². The van der Waals surface area contributed by atoms with E-state index in [0.717, 1.165) is 25.3 Å². The molecule has 0 spiro atoms. The molecule has 1 saturated carbocycles. The summed E-state index contributed by atoms with van der Waals surface area (Å²) in [5, 5.41) is -0.127. The van der Waals surface area contributed by atoms with Gasteiger partial charge in [-0.2, -0.15) is 0 Å². The van der Waals surface area contributed by atoms with Crippen molar-refractivity contribution >= 4 is 21.6 Å². The van der Waals surface area contributed by atoms with Crippen molar-refractivity contribution in [2.75, 3.05) is 6.54 Å². The SMILES string of the molecule is CC1CCCCC1(CN)NS(=O)(=O)c1c(F)cccc1Cl. The Kier molecular flexibility index (Phi) is 4.92. The third kappa shape index (κ3) is 3.23. The summed E-state index contributed by atoms with van der Waals surface area (Å²) in [5.41, 5.74) is 5.10. The molecule has 118 valence electrons. The maximum absolute atomic E-state index is 13.9. The van der Waals surface area contributed by atoms with E-state index in [-0.39, 0.29) is 17.5 Å². The molecule has 0 radical (unpaired) electrons. The number of halogens is 2. The maximum Gasteiger partial charge on any atom is 0.245 e. The average molecular weight is 335 g/mol. The molecule has 1 aromatic rings. The predicted octanol–water partition coefficient (Wildman–Crippen LogP) is 2.67. The van der Waals surface area contributed by atoms with Crippen LogP contribution in [0.3, 0.4) is 0 Å². The van der Waals surface area contributed by atoms with E-state index >= 15 is 0 Å². The first-order valence-corrected chi connectivity index (χ1v) is 8.86. The van der Waals surface area contributed by atoms with Gasteiger partial charge in [0.2, 0.25) is 10.0 Å². The Labute approximate surface area is 129 Å². The second-order valence-corrected chi connectivity index (χ2v) is 7.69. The van der Waals surface area contributed by atoms with Crippen molar-refractivity contribution in [1.82, 2.24) is 4.72 Å². The number of rotatable bonds is 4. The molecular formula is C14H20ClFN2O2S. The minimum atomic E-state index is -4.06. The zero-order chi connectivity index (χ0) is 15.7. The Morgan fingerprint density at radius 3 is 2.76 bits per heavy atom. The van der Waals surface area contributed by atoms with Crippen LogP contribution in [0.5, 0.6) is 0 Å². The Bertz CT molecular complexity index is 603. The van der Waals surface area contributed by atoms with E-state index in [2.05, 4.69) is 4.72 Å². The molecule has 2 atom stereocenters. The van der Waals surface area contributed by atoms with E-state index in [0.29, 0.717) is 6.42 Å². The second kappa shape index (κ2) is 6.20. The Hall–Kier alpha value is -0.690. The summed E-state index contributed by atoms with van der Waals surface area (Å²) >= 11 is 5.87. The van der Waals surface area contributed by atoms with E-state index in [1.165, 1.54) is 12.1 Å². The highest BCUT2D eigenvalue weighted by molar-refractivity contribution is 7.89. The standard InChI is InChI=1S/C14H20ClFN2O2S/c1-10-5-2-3-8-14(10,9-17)18-21(19,20)13-11(15)6-4-7-12(13)16/h4,6-7,10,18H,2-3,5,8-9,17H2,1H3. The summed E-state index contributed by atoms with van der Waals surface area (Å²) in [6.45, 7) is 2.15. The third-order valence-corrected chi connectivity index (χ3v) is 6.40. The van der Waals surface area contributed by atoms with Crippen molar-refractivity contribution in [3.05, 3.63) is 29.0 Å². The van der Waals surface area contributed by atoms with Crippen LogP contribution >= 0.6 is 11.6 Å². The minimum absolute atomic E-state index is 0.0940. The third-order valence-electron chi connectivity index (χ3n) is 4.34. The summed E-state index contributed by atoms with van der Waals surface area (Å²) in [5.74, 6) is -0.762. The van der Waals surface area contributed by atoms with Crippen LogP contribution in [0.1, 0.15) is 32.6 Å². The topological polar surface area (TPSA) is 72.2 Å². The van der Waals surface area contributed by atoms with E-state index in [4.69, 9.17) is 17.3 Å². The lowest BCUT2D eigenvalue weighted by molar-refractivity contribution is 0.191. The number of nitrogens with two attached hydrogens (primary N) is 1. The second-order valence-electron chi connectivity index (χ2n) is 5.66. The fraction of sp³-hybridized carbons (Fsp3) is 0.571. The highest BCUT2D eigenvalue weighted by Crippen LogP contribution is 2.35. The molecular weight excluding hydrogens is 315 g/mol. The van der Waals surface area contributed by atoms with Gasteiger partial charge in [-0.25, -0.2) is 17.5 Å². The smallest absolute Gasteiger partial charge is 0.245 e. The number of hydrogen-bond donors (Lipinski definition) is 2. The molecule has 4 nitrogen and oxygen atoms in total. The van der Waals surface area contributed by atoms with Gasteiger partial charge >= 0.3 is 0 Å².